The molecule has 1 aliphatic heterocycles. The van der Waals surface area contributed by atoms with Crippen molar-refractivity contribution >= 4 is 11.7 Å². The lowest BCUT2D eigenvalue weighted by atomic mass is 9.87. The standard InChI is InChI=1S/C20H37NO4/c1-8-13(2)14(3)18(24-6)12-19(23)21-11-9-10-17(21)20(25-7)15(4)16(5)22/h13-15,17-18,20H,8-12H2,1-7H3/t13-,14-,15-,17-,18+,20+/m0/s1. The number of carbonyl (C=O) groups excluding carboxylic acids is 2. The number of likely N-dealkylation sites (tertiary alicyclic amines) is 1. The molecule has 146 valence electrons. The zero-order valence-corrected chi connectivity index (χ0v) is 17.1. The molecule has 0 unspecified atom stereocenters. The molecule has 1 rings (SSSR count). The number of carbonyl (C=O) groups is 2. The fourth-order valence-electron chi connectivity index (χ4n) is 3.88. The molecular formula is C20H37NO4. The molecule has 1 fully saturated rings. The summed E-state index contributed by atoms with van der Waals surface area (Å²) in [6.45, 7) is 10.7. The van der Waals surface area contributed by atoms with Gasteiger partial charge in [0.05, 0.1) is 24.7 Å². The van der Waals surface area contributed by atoms with E-state index in [1.54, 1.807) is 21.1 Å². The van der Waals surface area contributed by atoms with Crippen LogP contribution >= 0.6 is 0 Å². The molecular weight excluding hydrogens is 318 g/mol. The van der Waals surface area contributed by atoms with Gasteiger partial charge in [-0.05, 0) is 31.6 Å². The highest BCUT2D eigenvalue weighted by molar-refractivity contribution is 5.80. The number of ketones is 1. The Morgan fingerprint density at radius 1 is 1.16 bits per heavy atom. The Hall–Kier alpha value is -0.940. The molecule has 1 aliphatic rings. The van der Waals surface area contributed by atoms with Crippen LogP contribution in [0.2, 0.25) is 0 Å². The maximum atomic E-state index is 13.0. The first kappa shape index (κ1) is 22.1. The van der Waals surface area contributed by atoms with E-state index in [1.165, 1.54) is 0 Å². The number of nitrogens with zero attached hydrogens (tertiary/aromatic N) is 1. The second-order valence-electron chi connectivity index (χ2n) is 7.62. The molecule has 0 aliphatic carbocycles. The monoisotopic (exact) mass is 355 g/mol. The normalized spacial score (nSPS) is 23.8. The van der Waals surface area contributed by atoms with Crippen molar-refractivity contribution in [3.05, 3.63) is 0 Å². The van der Waals surface area contributed by atoms with Gasteiger partial charge in [-0.1, -0.05) is 34.1 Å². The van der Waals surface area contributed by atoms with Crippen LogP contribution in [0.15, 0.2) is 0 Å². The van der Waals surface area contributed by atoms with E-state index >= 15 is 0 Å². The summed E-state index contributed by atoms with van der Waals surface area (Å²) < 4.78 is 11.3. The molecule has 1 amide bonds. The third kappa shape index (κ3) is 5.52. The Morgan fingerprint density at radius 3 is 2.28 bits per heavy atom. The van der Waals surface area contributed by atoms with Crippen LogP contribution in [0, 0.1) is 17.8 Å². The van der Waals surface area contributed by atoms with Gasteiger partial charge in [0, 0.05) is 26.7 Å². The van der Waals surface area contributed by atoms with E-state index in [0.29, 0.717) is 18.3 Å². The van der Waals surface area contributed by atoms with Gasteiger partial charge in [-0.15, -0.1) is 0 Å². The summed E-state index contributed by atoms with van der Waals surface area (Å²) in [4.78, 5) is 26.7. The second-order valence-corrected chi connectivity index (χ2v) is 7.62. The van der Waals surface area contributed by atoms with Crippen LogP contribution in [-0.4, -0.2) is 55.6 Å². The van der Waals surface area contributed by atoms with Gasteiger partial charge in [0.15, 0.2) is 0 Å². The predicted octanol–water partition coefficient (Wildman–Crippen LogP) is 3.30. The van der Waals surface area contributed by atoms with E-state index in [0.717, 1.165) is 25.8 Å². The van der Waals surface area contributed by atoms with E-state index < -0.39 is 0 Å². The van der Waals surface area contributed by atoms with E-state index in [9.17, 15) is 9.59 Å². The third-order valence-corrected chi connectivity index (χ3v) is 6.21. The summed E-state index contributed by atoms with van der Waals surface area (Å²) in [6.07, 6.45) is 3.00. The van der Waals surface area contributed by atoms with Crippen molar-refractivity contribution in [2.45, 2.75) is 78.6 Å². The fraction of sp³-hybridized carbons (Fsp3) is 0.900. The molecule has 25 heavy (non-hydrogen) atoms. The molecule has 0 spiro atoms. The quantitative estimate of drug-likeness (QED) is 0.603. The molecule has 0 N–H and O–H groups in total. The number of Topliss-reactive ketones (excluding diaryl/α,β-unsaturated/α-hetero) is 1. The molecule has 6 atom stereocenters. The Morgan fingerprint density at radius 2 is 1.80 bits per heavy atom. The van der Waals surface area contributed by atoms with Crippen LogP contribution in [0.1, 0.15) is 60.3 Å². The predicted molar refractivity (Wildman–Crippen MR) is 99.4 cm³/mol. The third-order valence-electron chi connectivity index (χ3n) is 6.21. The van der Waals surface area contributed by atoms with Gasteiger partial charge in [-0.3, -0.25) is 9.59 Å². The van der Waals surface area contributed by atoms with Gasteiger partial charge >= 0.3 is 0 Å². The maximum Gasteiger partial charge on any atom is 0.225 e. The van der Waals surface area contributed by atoms with Gasteiger partial charge in [0.25, 0.3) is 0 Å². The van der Waals surface area contributed by atoms with Crippen LogP contribution in [0.3, 0.4) is 0 Å². The first-order valence-corrected chi connectivity index (χ1v) is 9.63. The van der Waals surface area contributed by atoms with E-state index in [-0.39, 0.29) is 35.9 Å². The van der Waals surface area contributed by atoms with E-state index in [1.807, 2.05) is 11.8 Å². The molecule has 5 nitrogen and oxygen atoms in total. The molecule has 0 aromatic rings. The summed E-state index contributed by atoms with van der Waals surface area (Å²) in [5.41, 5.74) is 0. The first-order chi connectivity index (χ1) is 11.8. The van der Waals surface area contributed by atoms with Crippen molar-refractivity contribution in [1.29, 1.82) is 0 Å². The van der Waals surface area contributed by atoms with Crippen molar-refractivity contribution < 1.29 is 19.1 Å². The first-order valence-electron chi connectivity index (χ1n) is 9.63. The molecule has 5 heteroatoms. The Balaban J connectivity index is 2.83. The summed E-state index contributed by atoms with van der Waals surface area (Å²) in [6, 6.07) is -0.0205. The highest BCUT2D eigenvalue weighted by atomic mass is 16.5. The van der Waals surface area contributed by atoms with Crippen LogP contribution in [-0.2, 0) is 19.1 Å². The smallest absolute Gasteiger partial charge is 0.225 e. The topological polar surface area (TPSA) is 55.8 Å². The average molecular weight is 356 g/mol. The molecule has 0 saturated carbocycles. The van der Waals surface area contributed by atoms with Crippen LogP contribution in [0.4, 0.5) is 0 Å². The SMILES string of the molecule is CC[C@H](C)[C@H](C)[C@@H](CC(=O)N1CCC[C@H]1[C@H](OC)[C@@H](C)C(C)=O)OC. The summed E-state index contributed by atoms with van der Waals surface area (Å²) in [7, 11) is 3.32. The second kappa shape index (κ2) is 10.3. The number of hydrogen-bond donors (Lipinski definition) is 0. The highest BCUT2D eigenvalue weighted by Gasteiger charge is 2.39. The molecule has 0 radical (unpaired) electrons. The Kier molecular flexibility index (Phi) is 9.08. The summed E-state index contributed by atoms with van der Waals surface area (Å²) in [5, 5.41) is 0. The Labute approximate surface area is 153 Å². The minimum absolute atomic E-state index is 0.0205. The van der Waals surface area contributed by atoms with Crippen molar-refractivity contribution in [3.8, 4) is 0 Å². The maximum absolute atomic E-state index is 13.0. The minimum Gasteiger partial charge on any atom is -0.381 e. The molecule has 1 heterocycles. The van der Waals surface area contributed by atoms with Gasteiger partial charge < -0.3 is 14.4 Å². The van der Waals surface area contributed by atoms with Crippen LogP contribution in [0.25, 0.3) is 0 Å². The van der Waals surface area contributed by atoms with Gasteiger partial charge in [-0.2, -0.15) is 0 Å². The van der Waals surface area contributed by atoms with Gasteiger partial charge in [0.2, 0.25) is 5.91 Å². The number of hydrogen-bond acceptors (Lipinski definition) is 4. The molecule has 0 aromatic heterocycles. The zero-order valence-electron chi connectivity index (χ0n) is 17.1. The lowest BCUT2D eigenvalue weighted by Crippen LogP contribution is -2.48. The average Bonchev–Trinajstić information content (AvgIpc) is 3.08. The Bertz CT molecular complexity index is 439. The van der Waals surface area contributed by atoms with Crippen molar-refractivity contribution in [3.63, 3.8) is 0 Å². The van der Waals surface area contributed by atoms with E-state index in [4.69, 9.17) is 9.47 Å². The lowest BCUT2D eigenvalue weighted by Gasteiger charge is -2.35. The highest BCUT2D eigenvalue weighted by Crippen LogP contribution is 2.29. The van der Waals surface area contributed by atoms with Crippen molar-refractivity contribution in [1.82, 2.24) is 4.90 Å². The summed E-state index contributed by atoms with van der Waals surface area (Å²) in [5.74, 6) is 0.847. The lowest BCUT2D eigenvalue weighted by molar-refractivity contribution is -0.141. The van der Waals surface area contributed by atoms with E-state index in [2.05, 4.69) is 20.8 Å². The van der Waals surface area contributed by atoms with Crippen LogP contribution < -0.4 is 0 Å². The number of ether oxygens (including phenoxy) is 2. The largest absolute Gasteiger partial charge is 0.381 e. The molecule has 0 aromatic carbocycles. The minimum atomic E-state index is -0.239. The van der Waals surface area contributed by atoms with Gasteiger partial charge in [0.1, 0.15) is 5.78 Å². The number of amides is 1. The summed E-state index contributed by atoms with van der Waals surface area (Å²) >= 11 is 0. The number of methoxy groups -OCH3 is 2. The van der Waals surface area contributed by atoms with Crippen LogP contribution in [0.5, 0.6) is 0 Å². The zero-order chi connectivity index (χ0) is 19.1. The fourth-order valence-corrected chi connectivity index (χ4v) is 3.88. The van der Waals surface area contributed by atoms with Crippen molar-refractivity contribution in [2.75, 3.05) is 20.8 Å². The number of rotatable bonds is 10. The molecule has 0 bridgehead atoms. The van der Waals surface area contributed by atoms with Crippen molar-refractivity contribution in [2.24, 2.45) is 17.8 Å². The van der Waals surface area contributed by atoms with Gasteiger partial charge in [-0.25, -0.2) is 0 Å². The molecule has 1 saturated heterocycles.